The number of nitrogens with one attached hydrogen (secondary N) is 2. The lowest BCUT2D eigenvalue weighted by Gasteiger charge is -2.04. The summed E-state index contributed by atoms with van der Waals surface area (Å²) in [6, 6.07) is 4.54. The van der Waals surface area contributed by atoms with Gasteiger partial charge < -0.3 is 0 Å². The van der Waals surface area contributed by atoms with Crippen molar-refractivity contribution < 1.29 is 8.42 Å². The van der Waals surface area contributed by atoms with Crippen LogP contribution < -0.4 is 4.72 Å². The third-order valence-corrected chi connectivity index (χ3v) is 3.04. The normalized spacial score (nSPS) is 11.2. The molecule has 0 radical (unpaired) electrons. The molecule has 2 aromatic heterocycles. The average Bonchev–Trinajstić information content (AvgIpc) is 2.71. The molecule has 0 saturated heterocycles. The Labute approximate surface area is 86.4 Å². The van der Waals surface area contributed by atoms with Gasteiger partial charge in [0.1, 0.15) is 10.7 Å². The standard InChI is InChI=1S/C8H8N4O2S/c13-15(14,7-2-1-4-9-6-7)12-8-3-5-10-11-8/h1-6H,(H2,10,11,12). The van der Waals surface area contributed by atoms with E-state index in [2.05, 4.69) is 19.9 Å². The summed E-state index contributed by atoms with van der Waals surface area (Å²) < 4.78 is 25.7. The summed E-state index contributed by atoms with van der Waals surface area (Å²) in [6.07, 6.45) is 4.25. The van der Waals surface area contributed by atoms with E-state index in [1.807, 2.05) is 0 Å². The number of pyridine rings is 1. The first kappa shape index (κ1) is 9.66. The lowest BCUT2D eigenvalue weighted by Crippen LogP contribution is -2.13. The van der Waals surface area contributed by atoms with Crippen molar-refractivity contribution in [1.82, 2.24) is 15.2 Å². The highest BCUT2D eigenvalue weighted by Crippen LogP contribution is 2.11. The SMILES string of the molecule is O=S(=O)(Nc1ccn[nH]1)c1cccnc1. The summed E-state index contributed by atoms with van der Waals surface area (Å²) in [5.74, 6) is 0.318. The largest absolute Gasteiger partial charge is 0.264 e. The zero-order valence-electron chi connectivity index (χ0n) is 7.58. The Morgan fingerprint density at radius 2 is 2.13 bits per heavy atom. The molecule has 0 aromatic carbocycles. The third-order valence-electron chi connectivity index (χ3n) is 1.69. The van der Waals surface area contributed by atoms with Crippen LogP contribution in [0.5, 0.6) is 0 Å². The lowest BCUT2D eigenvalue weighted by atomic mass is 10.5. The molecule has 0 spiro atoms. The number of sulfonamides is 1. The zero-order valence-corrected chi connectivity index (χ0v) is 8.40. The smallest absolute Gasteiger partial charge is 0.264 e. The van der Waals surface area contributed by atoms with Gasteiger partial charge in [-0.1, -0.05) is 0 Å². The molecule has 0 atom stereocenters. The van der Waals surface area contributed by atoms with Crippen molar-refractivity contribution >= 4 is 15.8 Å². The van der Waals surface area contributed by atoms with Crippen LogP contribution in [0.4, 0.5) is 5.82 Å². The molecule has 0 saturated carbocycles. The molecular weight excluding hydrogens is 216 g/mol. The predicted octanol–water partition coefficient (Wildman–Crippen LogP) is 0.605. The molecule has 0 amide bonds. The highest BCUT2D eigenvalue weighted by atomic mass is 32.2. The van der Waals surface area contributed by atoms with Gasteiger partial charge in [0.15, 0.2) is 0 Å². The lowest BCUT2D eigenvalue weighted by molar-refractivity contribution is 0.600. The Bertz CT molecular complexity index is 521. The van der Waals surface area contributed by atoms with E-state index < -0.39 is 10.0 Å². The number of nitrogens with zero attached hydrogens (tertiary/aromatic N) is 2. The zero-order chi connectivity index (χ0) is 10.7. The molecule has 2 rings (SSSR count). The molecule has 2 aromatic rings. The quantitative estimate of drug-likeness (QED) is 0.799. The molecule has 78 valence electrons. The Morgan fingerprint density at radius 3 is 2.73 bits per heavy atom. The van der Waals surface area contributed by atoms with E-state index in [1.54, 1.807) is 6.07 Å². The molecular formula is C8H8N4O2S. The molecule has 0 aliphatic heterocycles. The fourth-order valence-corrected chi connectivity index (χ4v) is 2.00. The van der Waals surface area contributed by atoms with E-state index in [1.165, 1.54) is 30.7 Å². The number of anilines is 1. The number of aromatic nitrogens is 3. The first-order chi connectivity index (χ1) is 7.18. The first-order valence-corrected chi connectivity index (χ1v) is 5.59. The maximum absolute atomic E-state index is 11.7. The molecule has 0 bridgehead atoms. The van der Waals surface area contributed by atoms with Gasteiger partial charge in [0.2, 0.25) is 0 Å². The number of aromatic amines is 1. The molecule has 2 heterocycles. The van der Waals surface area contributed by atoms with E-state index >= 15 is 0 Å². The second-order valence-electron chi connectivity index (χ2n) is 2.76. The summed E-state index contributed by atoms with van der Waals surface area (Å²) in [5.41, 5.74) is 0. The van der Waals surface area contributed by atoms with Gasteiger partial charge in [-0.05, 0) is 12.1 Å². The molecule has 7 heteroatoms. The third kappa shape index (κ3) is 2.13. The van der Waals surface area contributed by atoms with Crippen molar-refractivity contribution in [2.45, 2.75) is 4.90 Å². The van der Waals surface area contributed by atoms with Crippen LogP contribution >= 0.6 is 0 Å². The Kier molecular flexibility index (Phi) is 2.38. The maximum atomic E-state index is 11.7. The summed E-state index contributed by atoms with van der Waals surface area (Å²) >= 11 is 0. The van der Waals surface area contributed by atoms with Crippen molar-refractivity contribution in [1.29, 1.82) is 0 Å². The minimum atomic E-state index is -3.57. The first-order valence-electron chi connectivity index (χ1n) is 4.11. The molecule has 0 fully saturated rings. The van der Waals surface area contributed by atoms with Crippen LogP contribution in [0.3, 0.4) is 0 Å². The highest BCUT2D eigenvalue weighted by molar-refractivity contribution is 7.92. The highest BCUT2D eigenvalue weighted by Gasteiger charge is 2.14. The summed E-state index contributed by atoms with van der Waals surface area (Å²) in [7, 11) is -3.57. The topological polar surface area (TPSA) is 87.7 Å². The second kappa shape index (κ2) is 3.70. The van der Waals surface area contributed by atoms with Gasteiger partial charge >= 0.3 is 0 Å². The fourth-order valence-electron chi connectivity index (χ4n) is 1.02. The van der Waals surface area contributed by atoms with E-state index in [-0.39, 0.29) is 4.90 Å². The summed E-state index contributed by atoms with van der Waals surface area (Å²) in [6.45, 7) is 0. The van der Waals surface area contributed by atoms with Crippen molar-refractivity contribution in [2.75, 3.05) is 4.72 Å². The summed E-state index contributed by atoms with van der Waals surface area (Å²) in [5, 5.41) is 6.13. The van der Waals surface area contributed by atoms with E-state index in [9.17, 15) is 8.42 Å². The Morgan fingerprint density at radius 1 is 1.27 bits per heavy atom. The van der Waals surface area contributed by atoms with Gasteiger partial charge in [0.25, 0.3) is 10.0 Å². The minimum Gasteiger partial charge on any atom is -0.264 e. The fraction of sp³-hybridized carbons (Fsp3) is 0. The van der Waals surface area contributed by atoms with Gasteiger partial charge in [-0.3, -0.25) is 14.8 Å². The van der Waals surface area contributed by atoms with Crippen molar-refractivity contribution in [3.63, 3.8) is 0 Å². The van der Waals surface area contributed by atoms with Crippen LogP contribution in [-0.2, 0) is 10.0 Å². The monoisotopic (exact) mass is 224 g/mol. The average molecular weight is 224 g/mol. The molecule has 0 aliphatic carbocycles. The van der Waals surface area contributed by atoms with Gasteiger partial charge in [-0.2, -0.15) is 5.10 Å². The Hall–Kier alpha value is -1.89. The number of hydrogen-bond acceptors (Lipinski definition) is 4. The maximum Gasteiger partial charge on any atom is 0.264 e. The van der Waals surface area contributed by atoms with Crippen molar-refractivity contribution in [3.8, 4) is 0 Å². The van der Waals surface area contributed by atoms with Crippen LogP contribution in [0.15, 0.2) is 41.7 Å². The molecule has 0 unspecified atom stereocenters. The van der Waals surface area contributed by atoms with Gasteiger partial charge in [-0.25, -0.2) is 8.42 Å². The molecule has 15 heavy (non-hydrogen) atoms. The van der Waals surface area contributed by atoms with E-state index in [4.69, 9.17) is 0 Å². The molecule has 6 nitrogen and oxygen atoms in total. The second-order valence-corrected chi connectivity index (χ2v) is 4.45. The minimum absolute atomic E-state index is 0.111. The molecule has 2 N–H and O–H groups in total. The molecule has 0 aliphatic rings. The number of H-pyrrole nitrogens is 1. The van der Waals surface area contributed by atoms with E-state index in [0.29, 0.717) is 5.82 Å². The Balaban J connectivity index is 2.29. The van der Waals surface area contributed by atoms with E-state index in [0.717, 1.165) is 0 Å². The van der Waals surface area contributed by atoms with Gasteiger partial charge in [0, 0.05) is 18.5 Å². The predicted molar refractivity (Wildman–Crippen MR) is 53.6 cm³/mol. The number of hydrogen-bond donors (Lipinski definition) is 2. The van der Waals surface area contributed by atoms with Crippen molar-refractivity contribution in [3.05, 3.63) is 36.8 Å². The van der Waals surface area contributed by atoms with Crippen LogP contribution in [0.2, 0.25) is 0 Å². The van der Waals surface area contributed by atoms with Gasteiger partial charge in [0.05, 0.1) is 6.20 Å². The van der Waals surface area contributed by atoms with Gasteiger partial charge in [-0.15, -0.1) is 0 Å². The number of rotatable bonds is 3. The van der Waals surface area contributed by atoms with Crippen LogP contribution in [-0.4, -0.2) is 23.6 Å². The van der Waals surface area contributed by atoms with Crippen LogP contribution in [0, 0.1) is 0 Å². The van der Waals surface area contributed by atoms with Crippen LogP contribution in [0.1, 0.15) is 0 Å². The summed E-state index contributed by atoms with van der Waals surface area (Å²) in [4.78, 5) is 3.85. The van der Waals surface area contributed by atoms with Crippen molar-refractivity contribution in [2.24, 2.45) is 0 Å². The van der Waals surface area contributed by atoms with Crippen LogP contribution in [0.25, 0.3) is 0 Å².